The summed E-state index contributed by atoms with van der Waals surface area (Å²) in [5.74, 6) is 0.931. The zero-order valence-electron chi connectivity index (χ0n) is 21.5. The third-order valence-corrected chi connectivity index (χ3v) is 8.01. The van der Waals surface area contributed by atoms with Crippen molar-refractivity contribution in [2.75, 3.05) is 39.9 Å². The van der Waals surface area contributed by atoms with E-state index >= 15 is 4.39 Å². The highest BCUT2D eigenvalue weighted by molar-refractivity contribution is 5.82. The first-order valence-corrected chi connectivity index (χ1v) is 13.2. The van der Waals surface area contributed by atoms with Crippen molar-refractivity contribution >= 4 is 11.5 Å². The van der Waals surface area contributed by atoms with E-state index in [0.717, 1.165) is 47.5 Å². The highest BCUT2D eigenvalue weighted by Gasteiger charge is 2.48. The highest BCUT2D eigenvalue weighted by Crippen LogP contribution is 2.45. The van der Waals surface area contributed by atoms with Gasteiger partial charge in [-0.3, -0.25) is 10.2 Å². The molecule has 5 unspecified atom stereocenters. The lowest BCUT2D eigenvalue weighted by Gasteiger charge is -2.36. The van der Waals surface area contributed by atoms with Gasteiger partial charge in [-0.15, -0.1) is 0 Å². The molecule has 5 atom stereocenters. The standard InChI is InChI=1S/C27H37FN6O3/c1-3-16-12-18(35)4-5-19(16)20-6-7-21-25(24(20)28)32-33-26(21)27-30-13-22(31-27)17-8-10-34(15-17)23(36)14-29-9-11-37-2/h4-5,8,12-13,20-21,24-26,29,32-33,35H,3,6-7,9-11,14-15H2,1-2H3,(H,30,31). The van der Waals surface area contributed by atoms with Crippen molar-refractivity contribution in [2.24, 2.45) is 5.92 Å². The molecule has 5 rings (SSSR count). The Balaban J connectivity index is 1.21. The number of fused-ring (bicyclic) bond motifs is 1. The van der Waals surface area contributed by atoms with Gasteiger partial charge in [-0.2, -0.15) is 0 Å². The Bertz CT molecular complexity index is 1140. The predicted molar refractivity (Wildman–Crippen MR) is 139 cm³/mol. The minimum Gasteiger partial charge on any atom is -0.508 e. The van der Waals surface area contributed by atoms with E-state index in [1.807, 2.05) is 24.1 Å². The van der Waals surface area contributed by atoms with Crippen molar-refractivity contribution in [3.63, 3.8) is 0 Å². The smallest absolute Gasteiger partial charge is 0.237 e. The summed E-state index contributed by atoms with van der Waals surface area (Å²) in [7, 11) is 1.64. The van der Waals surface area contributed by atoms with Crippen LogP contribution < -0.4 is 16.2 Å². The van der Waals surface area contributed by atoms with Crippen LogP contribution in [0.15, 0.2) is 30.5 Å². The molecule has 1 aromatic heterocycles. The number of carbonyl (C=O) groups is 1. The number of nitrogens with one attached hydrogen (secondary N) is 4. The molecule has 0 bridgehead atoms. The molecule has 0 spiro atoms. The number of halogens is 1. The lowest BCUT2D eigenvalue weighted by Crippen LogP contribution is -2.45. The van der Waals surface area contributed by atoms with Crippen molar-refractivity contribution in [1.82, 2.24) is 31.0 Å². The molecule has 1 amide bonds. The molecule has 10 heteroatoms. The average molecular weight is 513 g/mol. The van der Waals surface area contributed by atoms with Gasteiger partial charge in [0, 0.05) is 38.6 Å². The Morgan fingerprint density at radius 3 is 3.00 bits per heavy atom. The fraction of sp³-hybridized carbons (Fsp3) is 0.556. The van der Waals surface area contributed by atoms with E-state index in [0.29, 0.717) is 26.2 Å². The first-order valence-electron chi connectivity index (χ1n) is 13.2. The zero-order chi connectivity index (χ0) is 25.9. The molecule has 1 saturated carbocycles. The average Bonchev–Trinajstić information content (AvgIpc) is 3.66. The topological polar surface area (TPSA) is 115 Å². The van der Waals surface area contributed by atoms with E-state index in [4.69, 9.17) is 4.74 Å². The quantitative estimate of drug-likeness (QED) is 0.327. The van der Waals surface area contributed by atoms with Crippen LogP contribution in [-0.4, -0.2) is 78.0 Å². The number of hydrogen-bond donors (Lipinski definition) is 5. The summed E-state index contributed by atoms with van der Waals surface area (Å²) in [5, 5.41) is 13.0. The molecule has 9 nitrogen and oxygen atoms in total. The normalized spacial score (nSPS) is 27.4. The maximum atomic E-state index is 15.8. The molecule has 37 heavy (non-hydrogen) atoms. The monoisotopic (exact) mass is 512 g/mol. The lowest BCUT2D eigenvalue weighted by atomic mass is 9.71. The summed E-state index contributed by atoms with van der Waals surface area (Å²) >= 11 is 0. The van der Waals surface area contributed by atoms with Crippen LogP contribution in [-0.2, 0) is 16.0 Å². The molecule has 3 heterocycles. The number of rotatable bonds is 9. The summed E-state index contributed by atoms with van der Waals surface area (Å²) in [5.41, 5.74) is 10.4. The molecule has 1 aliphatic carbocycles. The Morgan fingerprint density at radius 2 is 2.19 bits per heavy atom. The maximum Gasteiger partial charge on any atom is 0.237 e. The fourth-order valence-electron chi connectivity index (χ4n) is 5.99. The first-order chi connectivity index (χ1) is 18.0. The number of imidazole rings is 1. The van der Waals surface area contributed by atoms with Crippen molar-refractivity contribution in [3.8, 4) is 5.75 Å². The number of methoxy groups -OCH3 is 1. The minimum absolute atomic E-state index is 0.0530. The Labute approximate surface area is 216 Å². The number of phenolic OH excluding ortho intramolecular Hbond substituents is 1. The number of nitrogens with zero attached hydrogens (tertiary/aromatic N) is 2. The number of hydrogen-bond acceptors (Lipinski definition) is 7. The van der Waals surface area contributed by atoms with Crippen LogP contribution in [0.2, 0.25) is 0 Å². The molecular formula is C27H37FN6O3. The van der Waals surface area contributed by atoms with Crippen molar-refractivity contribution in [1.29, 1.82) is 0 Å². The SMILES string of the molecule is CCc1cc(O)ccc1C1CCC2C(c3ncc(C4=CCN(C(=O)CNCCOC)C4)[nH]3)NNC2C1F. The van der Waals surface area contributed by atoms with Gasteiger partial charge in [0.1, 0.15) is 17.7 Å². The maximum absolute atomic E-state index is 15.8. The highest BCUT2D eigenvalue weighted by atomic mass is 19.1. The van der Waals surface area contributed by atoms with Crippen molar-refractivity contribution in [2.45, 2.75) is 50.4 Å². The van der Waals surface area contributed by atoms with E-state index in [1.54, 1.807) is 19.2 Å². The van der Waals surface area contributed by atoms with Gasteiger partial charge in [-0.1, -0.05) is 19.1 Å². The van der Waals surface area contributed by atoms with Crippen LogP contribution in [0.25, 0.3) is 5.57 Å². The summed E-state index contributed by atoms with van der Waals surface area (Å²) in [6, 6.07) is 4.86. The summed E-state index contributed by atoms with van der Waals surface area (Å²) in [6.07, 6.45) is 5.18. The Hall–Kier alpha value is -2.79. The number of ether oxygens (including phenoxy) is 1. The second kappa shape index (κ2) is 11.3. The summed E-state index contributed by atoms with van der Waals surface area (Å²) in [4.78, 5) is 22.3. The number of H-pyrrole nitrogens is 1. The van der Waals surface area contributed by atoms with Gasteiger partial charge in [0.15, 0.2) is 0 Å². The molecule has 0 radical (unpaired) electrons. The fourth-order valence-corrected chi connectivity index (χ4v) is 5.99. The lowest BCUT2D eigenvalue weighted by molar-refractivity contribution is -0.128. The summed E-state index contributed by atoms with van der Waals surface area (Å²) < 4.78 is 20.8. The van der Waals surface area contributed by atoms with E-state index in [1.165, 1.54) is 0 Å². The largest absolute Gasteiger partial charge is 0.508 e. The first kappa shape index (κ1) is 25.8. The van der Waals surface area contributed by atoms with Crippen molar-refractivity contribution in [3.05, 3.63) is 53.1 Å². The Morgan fingerprint density at radius 1 is 1.32 bits per heavy atom. The molecule has 5 N–H and O–H groups in total. The molecule has 1 aromatic carbocycles. The Kier molecular flexibility index (Phi) is 7.89. The molecule has 2 fully saturated rings. The molecule has 2 aromatic rings. The number of aromatic hydroxyl groups is 1. The number of carbonyl (C=O) groups excluding carboxylic acids is 1. The molecule has 3 aliphatic rings. The molecule has 200 valence electrons. The van der Waals surface area contributed by atoms with E-state index in [-0.39, 0.29) is 42.1 Å². The van der Waals surface area contributed by atoms with Crippen LogP contribution >= 0.6 is 0 Å². The van der Waals surface area contributed by atoms with Crippen LogP contribution in [0.1, 0.15) is 54.4 Å². The third kappa shape index (κ3) is 5.29. The third-order valence-electron chi connectivity index (χ3n) is 8.01. The number of hydrazine groups is 1. The number of amides is 1. The van der Waals surface area contributed by atoms with Crippen LogP contribution in [0.4, 0.5) is 4.39 Å². The van der Waals surface area contributed by atoms with Crippen LogP contribution in [0, 0.1) is 5.92 Å². The number of alkyl halides is 1. The van der Waals surface area contributed by atoms with Gasteiger partial charge in [-0.25, -0.2) is 14.8 Å². The molecular weight excluding hydrogens is 475 g/mol. The number of aryl methyl sites for hydroxylation is 1. The minimum atomic E-state index is -1.05. The van der Waals surface area contributed by atoms with Crippen molar-refractivity contribution < 1.29 is 19.0 Å². The van der Waals surface area contributed by atoms with E-state index < -0.39 is 6.17 Å². The molecule has 2 aliphatic heterocycles. The van der Waals surface area contributed by atoms with Crippen LogP contribution in [0.5, 0.6) is 5.75 Å². The predicted octanol–water partition coefficient (Wildman–Crippen LogP) is 2.19. The van der Waals surface area contributed by atoms with Gasteiger partial charge in [0.2, 0.25) is 5.91 Å². The van der Waals surface area contributed by atoms with Gasteiger partial charge in [-0.05, 0) is 48.1 Å². The van der Waals surface area contributed by atoms with Gasteiger partial charge in [0.05, 0.1) is 37.1 Å². The van der Waals surface area contributed by atoms with Crippen LogP contribution in [0.3, 0.4) is 0 Å². The second-order valence-electron chi connectivity index (χ2n) is 10.2. The van der Waals surface area contributed by atoms with Gasteiger partial charge in [0.25, 0.3) is 0 Å². The van der Waals surface area contributed by atoms with E-state index in [9.17, 15) is 9.90 Å². The summed E-state index contributed by atoms with van der Waals surface area (Å²) in [6.45, 7) is 4.64. The number of aromatic nitrogens is 2. The van der Waals surface area contributed by atoms with Gasteiger partial charge >= 0.3 is 0 Å². The van der Waals surface area contributed by atoms with Gasteiger partial charge < -0.3 is 25.0 Å². The number of phenols is 1. The second-order valence-corrected chi connectivity index (χ2v) is 10.2. The number of benzene rings is 1. The van der Waals surface area contributed by atoms with E-state index in [2.05, 4.69) is 32.2 Å². The molecule has 1 saturated heterocycles. The number of aromatic amines is 1. The zero-order valence-corrected chi connectivity index (χ0v) is 21.5.